The van der Waals surface area contributed by atoms with Gasteiger partial charge in [-0.1, -0.05) is 42.5 Å². The molecule has 0 saturated carbocycles. The molecule has 0 saturated heterocycles. The third kappa shape index (κ3) is 1.72. The van der Waals surface area contributed by atoms with E-state index in [1.165, 1.54) is 22.0 Å². The maximum Gasteiger partial charge on any atom is 0.159 e. The molecular weight excluding hydrogens is 296 g/mol. The summed E-state index contributed by atoms with van der Waals surface area (Å²) in [5, 5.41) is 5.89. The maximum absolute atomic E-state index is 6.27. The van der Waals surface area contributed by atoms with Crippen LogP contribution in [0.1, 0.15) is 12.5 Å². The summed E-state index contributed by atoms with van der Waals surface area (Å²) in [4.78, 5) is 2.34. The molecule has 1 N–H and O–H groups in total. The van der Waals surface area contributed by atoms with Gasteiger partial charge in [-0.25, -0.2) is 0 Å². The van der Waals surface area contributed by atoms with Crippen LogP contribution in [0.15, 0.2) is 65.1 Å². The van der Waals surface area contributed by atoms with Crippen LogP contribution >= 0.6 is 0 Å². The lowest BCUT2D eigenvalue weighted by Crippen LogP contribution is -2.28. The molecule has 1 atom stereocenters. The summed E-state index contributed by atoms with van der Waals surface area (Å²) in [7, 11) is 0. The van der Waals surface area contributed by atoms with Gasteiger partial charge in [-0.15, -0.1) is 0 Å². The van der Waals surface area contributed by atoms with Crippen molar-refractivity contribution in [2.75, 3.05) is 10.2 Å². The second-order valence-corrected chi connectivity index (χ2v) is 6.41. The molecule has 0 aliphatic carbocycles. The van der Waals surface area contributed by atoms with E-state index in [-0.39, 0.29) is 6.17 Å². The summed E-state index contributed by atoms with van der Waals surface area (Å²) in [5.41, 5.74) is 6.62. The standard InChI is InChI=1S/C21H18N2O/c1-13-11-12-16-15-7-3-6-10-19(15)24-21(16)20(13)23-14(2)22-17-8-4-5-9-18(17)23/h3-12,14,22H,1-2H3/t14-/m0/s1. The molecular formula is C21H18N2O. The van der Waals surface area contributed by atoms with Gasteiger partial charge in [0.2, 0.25) is 0 Å². The van der Waals surface area contributed by atoms with Crippen LogP contribution in [-0.2, 0) is 0 Å². The topological polar surface area (TPSA) is 28.4 Å². The highest BCUT2D eigenvalue weighted by Crippen LogP contribution is 2.45. The molecule has 1 aromatic heterocycles. The molecule has 24 heavy (non-hydrogen) atoms. The van der Waals surface area contributed by atoms with E-state index < -0.39 is 0 Å². The average molecular weight is 314 g/mol. The van der Waals surface area contributed by atoms with Gasteiger partial charge < -0.3 is 14.6 Å². The fourth-order valence-electron chi connectivity index (χ4n) is 3.79. The molecule has 5 rings (SSSR count). The number of rotatable bonds is 1. The second-order valence-electron chi connectivity index (χ2n) is 6.41. The van der Waals surface area contributed by atoms with E-state index in [2.05, 4.69) is 72.6 Å². The van der Waals surface area contributed by atoms with Crippen molar-refractivity contribution in [1.29, 1.82) is 0 Å². The molecule has 4 aromatic rings. The predicted molar refractivity (Wildman–Crippen MR) is 100 cm³/mol. The zero-order valence-corrected chi connectivity index (χ0v) is 13.7. The van der Waals surface area contributed by atoms with Gasteiger partial charge in [-0.2, -0.15) is 0 Å². The summed E-state index contributed by atoms with van der Waals surface area (Å²) in [5.74, 6) is 0. The van der Waals surface area contributed by atoms with Crippen LogP contribution in [-0.4, -0.2) is 6.17 Å². The number of anilines is 3. The maximum atomic E-state index is 6.27. The lowest BCUT2D eigenvalue weighted by Gasteiger charge is -2.25. The van der Waals surface area contributed by atoms with Crippen LogP contribution in [0.2, 0.25) is 0 Å². The Hall–Kier alpha value is -2.94. The summed E-state index contributed by atoms with van der Waals surface area (Å²) < 4.78 is 6.27. The van der Waals surface area contributed by atoms with Gasteiger partial charge in [0.15, 0.2) is 5.58 Å². The Bertz CT molecular complexity index is 1080. The van der Waals surface area contributed by atoms with Crippen LogP contribution in [0, 0.1) is 6.92 Å². The molecule has 3 nitrogen and oxygen atoms in total. The van der Waals surface area contributed by atoms with E-state index in [9.17, 15) is 0 Å². The number of para-hydroxylation sites is 3. The first-order valence-corrected chi connectivity index (χ1v) is 8.30. The molecule has 0 fully saturated rings. The van der Waals surface area contributed by atoms with Crippen molar-refractivity contribution in [2.45, 2.75) is 20.0 Å². The van der Waals surface area contributed by atoms with Crippen LogP contribution < -0.4 is 10.2 Å². The zero-order valence-electron chi connectivity index (χ0n) is 13.7. The first-order valence-electron chi connectivity index (χ1n) is 8.30. The highest BCUT2D eigenvalue weighted by atomic mass is 16.3. The fraction of sp³-hybridized carbons (Fsp3) is 0.143. The summed E-state index contributed by atoms with van der Waals surface area (Å²) in [6, 6.07) is 21.0. The number of hydrogen-bond acceptors (Lipinski definition) is 3. The first-order chi connectivity index (χ1) is 11.7. The van der Waals surface area contributed by atoms with Crippen molar-refractivity contribution < 1.29 is 4.42 Å². The number of aryl methyl sites for hydroxylation is 1. The molecule has 0 spiro atoms. The van der Waals surface area contributed by atoms with Crippen molar-refractivity contribution >= 4 is 39.0 Å². The Labute approximate surface area is 140 Å². The van der Waals surface area contributed by atoms with Gasteiger partial charge in [-0.05, 0) is 37.6 Å². The lowest BCUT2D eigenvalue weighted by atomic mass is 10.1. The van der Waals surface area contributed by atoms with Gasteiger partial charge in [0, 0.05) is 10.8 Å². The molecule has 0 amide bonds. The minimum Gasteiger partial charge on any atom is -0.454 e. The van der Waals surface area contributed by atoms with Crippen LogP contribution in [0.5, 0.6) is 0 Å². The molecule has 1 aliphatic heterocycles. The van der Waals surface area contributed by atoms with Gasteiger partial charge in [0.1, 0.15) is 11.7 Å². The SMILES string of the molecule is Cc1ccc2c(oc3ccccc32)c1N1c2ccccc2N[C@@H]1C. The largest absolute Gasteiger partial charge is 0.454 e. The van der Waals surface area contributed by atoms with Crippen molar-refractivity contribution in [3.8, 4) is 0 Å². The highest BCUT2D eigenvalue weighted by Gasteiger charge is 2.30. The summed E-state index contributed by atoms with van der Waals surface area (Å²) in [6.45, 7) is 4.33. The number of benzene rings is 3. The van der Waals surface area contributed by atoms with Crippen LogP contribution in [0.3, 0.4) is 0 Å². The molecule has 3 aromatic carbocycles. The van der Waals surface area contributed by atoms with Crippen molar-refractivity contribution in [3.63, 3.8) is 0 Å². The molecule has 0 unspecified atom stereocenters. The van der Waals surface area contributed by atoms with Crippen molar-refractivity contribution in [1.82, 2.24) is 0 Å². The van der Waals surface area contributed by atoms with Gasteiger partial charge >= 0.3 is 0 Å². The van der Waals surface area contributed by atoms with E-state index in [1.807, 2.05) is 12.1 Å². The normalized spacial score (nSPS) is 16.6. The lowest BCUT2D eigenvalue weighted by molar-refractivity contribution is 0.665. The quantitative estimate of drug-likeness (QED) is 0.481. The third-order valence-corrected chi connectivity index (χ3v) is 4.88. The predicted octanol–water partition coefficient (Wildman–Crippen LogP) is 5.80. The summed E-state index contributed by atoms with van der Waals surface area (Å²) >= 11 is 0. The minimum absolute atomic E-state index is 0.180. The molecule has 118 valence electrons. The van der Waals surface area contributed by atoms with E-state index in [0.29, 0.717) is 0 Å². The Morgan fingerprint density at radius 1 is 0.917 bits per heavy atom. The zero-order chi connectivity index (χ0) is 16.3. The fourth-order valence-corrected chi connectivity index (χ4v) is 3.79. The molecule has 0 radical (unpaired) electrons. The van der Waals surface area contributed by atoms with E-state index >= 15 is 0 Å². The number of furan rings is 1. The smallest absolute Gasteiger partial charge is 0.159 e. The van der Waals surface area contributed by atoms with E-state index in [4.69, 9.17) is 4.42 Å². The number of nitrogens with one attached hydrogen (secondary N) is 1. The number of hydrogen-bond donors (Lipinski definition) is 1. The minimum atomic E-state index is 0.180. The Morgan fingerprint density at radius 3 is 2.62 bits per heavy atom. The monoisotopic (exact) mass is 314 g/mol. The average Bonchev–Trinajstić information content (AvgIpc) is 3.12. The molecule has 3 heteroatoms. The number of nitrogens with zero attached hydrogens (tertiary/aromatic N) is 1. The van der Waals surface area contributed by atoms with Crippen molar-refractivity contribution in [3.05, 3.63) is 66.2 Å². The third-order valence-electron chi connectivity index (χ3n) is 4.88. The van der Waals surface area contributed by atoms with Crippen LogP contribution in [0.25, 0.3) is 21.9 Å². The molecule has 0 bridgehead atoms. The van der Waals surface area contributed by atoms with Gasteiger partial charge in [0.25, 0.3) is 0 Å². The van der Waals surface area contributed by atoms with Crippen LogP contribution in [0.4, 0.5) is 17.1 Å². The second kappa shape index (κ2) is 4.78. The number of fused-ring (bicyclic) bond motifs is 4. The Morgan fingerprint density at radius 2 is 1.71 bits per heavy atom. The molecule has 2 heterocycles. The first kappa shape index (κ1) is 13.5. The van der Waals surface area contributed by atoms with Crippen molar-refractivity contribution in [2.24, 2.45) is 0 Å². The highest BCUT2D eigenvalue weighted by molar-refractivity contribution is 6.10. The van der Waals surface area contributed by atoms with E-state index in [1.54, 1.807) is 0 Å². The van der Waals surface area contributed by atoms with Gasteiger partial charge in [-0.3, -0.25) is 0 Å². The molecule has 1 aliphatic rings. The Balaban J connectivity index is 1.85. The van der Waals surface area contributed by atoms with E-state index in [0.717, 1.165) is 22.5 Å². The van der Waals surface area contributed by atoms with Gasteiger partial charge in [0.05, 0.1) is 17.1 Å². The summed E-state index contributed by atoms with van der Waals surface area (Å²) in [6.07, 6.45) is 0.180. The Kier molecular flexibility index (Phi) is 2.69.